The van der Waals surface area contributed by atoms with Gasteiger partial charge in [0.05, 0.1) is 5.52 Å². The van der Waals surface area contributed by atoms with Crippen LogP contribution in [0.2, 0.25) is 5.02 Å². The number of rotatable bonds is 1. The van der Waals surface area contributed by atoms with Crippen molar-refractivity contribution >= 4 is 28.5 Å². The number of amides is 2. The van der Waals surface area contributed by atoms with Gasteiger partial charge in [0.2, 0.25) is 0 Å². The summed E-state index contributed by atoms with van der Waals surface area (Å²) in [7, 11) is 0. The molecule has 0 fully saturated rings. The monoisotopic (exact) mass is 265 g/mol. The van der Waals surface area contributed by atoms with E-state index in [1.165, 1.54) is 0 Å². The molecule has 1 aromatic carbocycles. The van der Waals surface area contributed by atoms with E-state index in [1.807, 2.05) is 28.8 Å². The van der Waals surface area contributed by atoms with Gasteiger partial charge in [-0.1, -0.05) is 17.7 Å². The van der Waals surface area contributed by atoms with E-state index in [0.717, 1.165) is 23.0 Å². The zero-order chi connectivity index (χ0) is 12.9. The highest BCUT2D eigenvalue weighted by molar-refractivity contribution is 6.31. The number of aryl methyl sites for hydroxylation is 1. The molecule has 1 unspecified atom stereocenters. The zero-order valence-corrected chi connectivity index (χ0v) is 10.3. The van der Waals surface area contributed by atoms with Crippen LogP contribution in [0.25, 0.3) is 10.9 Å². The van der Waals surface area contributed by atoms with Gasteiger partial charge in [-0.3, -0.25) is 5.21 Å². The van der Waals surface area contributed by atoms with Crippen LogP contribution in [0.3, 0.4) is 0 Å². The van der Waals surface area contributed by atoms with Gasteiger partial charge in [0.25, 0.3) is 0 Å². The Kier molecular flexibility index (Phi) is 2.46. The predicted octanol–water partition coefficient (Wildman–Crippen LogP) is 2.51. The van der Waals surface area contributed by atoms with E-state index in [1.54, 1.807) is 0 Å². The topological polar surface area (TPSA) is 71.5 Å². The van der Waals surface area contributed by atoms with Crippen molar-refractivity contribution in [3.63, 3.8) is 0 Å². The summed E-state index contributed by atoms with van der Waals surface area (Å²) in [6.45, 7) is 0. The van der Waals surface area contributed by atoms with Gasteiger partial charge in [0, 0.05) is 16.1 Å². The van der Waals surface area contributed by atoms with Crippen molar-refractivity contribution in [2.45, 2.75) is 19.0 Å². The Morgan fingerprint density at radius 3 is 3.00 bits per heavy atom. The Hall–Kier alpha value is -1.72. The average molecular weight is 266 g/mol. The second-order valence-electron chi connectivity index (χ2n) is 4.41. The van der Waals surface area contributed by atoms with E-state index < -0.39 is 12.2 Å². The lowest BCUT2D eigenvalue weighted by Crippen LogP contribution is -2.37. The van der Waals surface area contributed by atoms with E-state index in [-0.39, 0.29) is 0 Å². The normalized spacial score (nSPS) is 18.0. The molecule has 1 aliphatic rings. The summed E-state index contributed by atoms with van der Waals surface area (Å²) in [4.78, 5) is 11.1. The first-order chi connectivity index (χ1) is 8.58. The number of carbonyl (C=O) groups is 1. The summed E-state index contributed by atoms with van der Waals surface area (Å²) < 4.78 is 1.91. The van der Waals surface area contributed by atoms with E-state index in [0.29, 0.717) is 16.5 Å². The Morgan fingerprint density at radius 1 is 1.50 bits per heavy atom. The number of hydroxylamine groups is 2. The van der Waals surface area contributed by atoms with E-state index in [4.69, 9.17) is 17.3 Å². The first-order valence-electron chi connectivity index (χ1n) is 5.65. The molecule has 18 heavy (non-hydrogen) atoms. The van der Waals surface area contributed by atoms with Crippen LogP contribution in [0, 0.1) is 0 Å². The highest BCUT2D eigenvalue weighted by Gasteiger charge is 2.30. The highest BCUT2D eigenvalue weighted by atomic mass is 35.5. The molecule has 1 aliphatic heterocycles. The second kappa shape index (κ2) is 3.90. The van der Waals surface area contributed by atoms with Crippen LogP contribution >= 0.6 is 11.6 Å². The molecule has 2 heterocycles. The molecule has 0 saturated heterocycles. The van der Waals surface area contributed by atoms with Crippen molar-refractivity contribution in [1.82, 2.24) is 9.63 Å². The van der Waals surface area contributed by atoms with Gasteiger partial charge < -0.3 is 10.3 Å². The number of aromatic nitrogens is 1. The van der Waals surface area contributed by atoms with E-state index >= 15 is 0 Å². The number of hydrogen-bond acceptors (Lipinski definition) is 2. The number of primary amides is 1. The molecule has 0 saturated carbocycles. The maximum Gasteiger partial charge on any atom is 0.340 e. The largest absolute Gasteiger partial charge is 0.350 e. The molecule has 3 rings (SSSR count). The van der Waals surface area contributed by atoms with Crippen LogP contribution in [-0.4, -0.2) is 20.9 Å². The van der Waals surface area contributed by atoms with Crippen LogP contribution in [0.5, 0.6) is 0 Å². The smallest absolute Gasteiger partial charge is 0.340 e. The fraction of sp³-hybridized carbons (Fsp3) is 0.250. The van der Waals surface area contributed by atoms with Crippen molar-refractivity contribution in [3.05, 3.63) is 35.0 Å². The third-order valence-electron chi connectivity index (χ3n) is 3.35. The Balaban J connectivity index is 2.16. The Bertz CT molecular complexity index is 638. The molecule has 94 valence electrons. The fourth-order valence-corrected chi connectivity index (χ4v) is 2.75. The number of nitrogens with two attached hydrogens (primary N) is 1. The lowest BCUT2D eigenvalue weighted by atomic mass is 10.2. The molecule has 2 amide bonds. The SMILES string of the molecule is NC(=O)N(O)C1CCc2cc3ccc(Cl)cc3n21. The number of halogens is 1. The summed E-state index contributed by atoms with van der Waals surface area (Å²) in [5.74, 6) is 0. The molecular weight excluding hydrogens is 254 g/mol. The molecule has 0 spiro atoms. The van der Waals surface area contributed by atoms with Gasteiger partial charge in [-0.15, -0.1) is 0 Å². The highest BCUT2D eigenvalue weighted by Crippen LogP contribution is 2.35. The van der Waals surface area contributed by atoms with Crippen LogP contribution in [0.15, 0.2) is 24.3 Å². The molecule has 2 aromatic rings. The summed E-state index contributed by atoms with van der Waals surface area (Å²) in [6, 6.07) is 6.76. The number of benzene rings is 1. The molecule has 0 bridgehead atoms. The van der Waals surface area contributed by atoms with Crippen LogP contribution < -0.4 is 5.73 Å². The van der Waals surface area contributed by atoms with Gasteiger partial charge >= 0.3 is 6.03 Å². The number of carbonyl (C=O) groups excluding carboxylic acids is 1. The van der Waals surface area contributed by atoms with Gasteiger partial charge in [0.1, 0.15) is 6.17 Å². The first kappa shape index (κ1) is 11.4. The van der Waals surface area contributed by atoms with Crippen LogP contribution in [-0.2, 0) is 6.42 Å². The van der Waals surface area contributed by atoms with Crippen molar-refractivity contribution in [2.24, 2.45) is 5.73 Å². The van der Waals surface area contributed by atoms with Crippen LogP contribution in [0.4, 0.5) is 4.79 Å². The van der Waals surface area contributed by atoms with Crippen molar-refractivity contribution in [2.75, 3.05) is 0 Å². The summed E-state index contributed by atoms with van der Waals surface area (Å²) in [5, 5.41) is 12.0. The quantitative estimate of drug-likeness (QED) is 0.614. The number of urea groups is 1. The Labute approximate surface area is 108 Å². The van der Waals surface area contributed by atoms with Crippen molar-refractivity contribution in [1.29, 1.82) is 0 Å². The average Bonchev–Trinajstić information content (AvgIpc) is 2.87. The van der Waals surface area contributed by atoms with Crippen LogP contribution in [0.1, 0.15) is 18.3 Å². The van der Waals surface area contributed by atoms with Crippen molar-refractivity contribution < 1.29 is 10.0 Å². The molecule has 1 aromatic heterocycles. The minimum atomic E-state index is -0.850. The second-order valence-corrected chi connectivity index (χ2v) is 4.85. The maximum absolute atomic E-state index is 11.1. The fourth-order valence-electron chi connectivity index (χ4n) is 2.58. The number of nitrogens with zero attached hydrogens (tertiary/aromatic N) is 2. The van der Waals surface area contributed by atoms with Gasteiger partial charge in [0.15, 0.2) is 0 Å². The number of hydrogen-bond donors (Lipinski definition) is 2. The Morgan fingerprint density at radius 2 is 2.28 bits per heavy atom. The minimum Gasteiger partial charge on any atom is -0.350 e. The van der Waals surface area contributed by atoms with Gasteiger partial charge in [-0.05, 0) is 31.0 Å². The number of fused-ring (bicyclic) bond motifs is 3. The molecule has 3 N–H and O–H groups in total. The predicted molar refractivity (Wildman–Crippen MR) is 67.5 cm³/mol. The molecule has 0 aliphatic carbocycles. The first-order valence-corrected chi connectivity index (χ1v) is 6.02. The van der Waals surface area contributed by atoms with E-state index in [9.17, 15) is 10.0 Å². The van der Waals surface area contributed by atoms with Gasteiger partial charge in [-0.25, -0.2) is 4.79 Å². The van der Waals surface area contributed by atoms with Gasteiger partial charge in [-0.2, -0.15) is 5.06 Å². The summed E-state index contributed by atoms with van der Waals surface area (Å²) >= 11 is 5.99. The maximum atomic E-state index is 11.1. The molecule has 1 atom stereocenters. The summed E-state index contributed by atoms with van der Waals surface area (Å²) in [6.07, 6.45) is 0.992. The molecular formula is C12H12ClN3O2. The lowest BCUT2D eigenvalue weighted by Gasteiger charge is -2.22. The molecule has 6 heteroatoms. The third kappa shape index (κ3) is 1.55. The zero-order valence-electron chi connectivity index (χ0n) is 9.51. The van der Waals surface area contributed by atoms with E-state index in [2.05, 4.69) is 0 Å². The van der Waals surface area contributed by atoms with Crippen molar-refractivity contribution in [3.8, 4) is 0 Å². The minimum absolute atomic E-state index is 0.450. The third-order valence-corrected chi connectivity index (χ3v) is 3.58. The molecule has 5 nitrogen and oxygen atoms in total. The lowest BCUT2D eigenvalue weighted by molar-refractivity contribution is -0.0955. The summed E-state index contributed by atoms with van der Waals surface area (Å²) in [5.41, 5.74) is 7.08. The standard InChI is InChI=1S/C12H12ClN3O2/c13-8-2-1-7-5-9-3-4-11(16(18)12(14)17)15(9)10(7)6-8/h1-2,5-6,11,18H,3-4H2,(H2,14,17). The molecule has 0 radical (unpaired) electrons.